The van der Waals surface area contributed by atoms with E-state index in [4.69, 9.17) is 0 Å². The quantitative estimate of drug-likeness (QED) is 0.903. The van der Waals surface area contributed by atoms with E-state index >= 15 is 0 Å². The number of hydrogen-bond acceptors (Lipinski definition) is 4. The van der Waals surface area contributed by atoms with Crippen LogP contribution in [0.5, 0.6) is 0 Å². The molecule has 1 aromatic rings. The first-order valence-corrected chi connectivity index (χ1v) is 8.35. The minimum Gasteiger partial charge on any atom is -0.480 e. The molecule has 1 atom stereocenters. The van der Waals surface area contributed by atoms with Gasteiger partial charge in [-0.1, -0.05) is 0 Å². The van der Waals surface area contributed by atoms with Crippen molar-refractivity contribution in [3.05, 3.63) is 15.9 Å². The van der Waals surface area contributed by atoms with Gasteiger partial charge < -0.3 is 5.11 Å². The van der Waals surface area contributed by atoms with E-state index in [1.165, 1.54) is 13.0 Å². The van der Waals surface area contributed by atoms with E-state index in [-0.39, 0.29) is 10.8 Å². The van der Waals surface area contributed by atoms with Gasteiger partial charge >= 0.3 is 5.97 Å². The van der Waals surface area contributed by atoms with Gasteiger partial charge in [0.15, 0.2) is 0 Å². The molecule has 5 nitrogen and oxygen atoms in total. The summed E-state index contributed by atoms with van der Waals surface area (Å²) in [5.74, 6) is -1.10. The van der Waals surface area contributed by atoms with Crippen LogP contribution in [-0.2, 0) is 14.8 Å². The normalized spacial score (nSPS) is 25.4. The van der Waals surface area contributed by atoms with Crippen LogP contribution in [0.25, 0.3) is 0 Å². The summed E-state index contributed by atoms with van der Waals surface area (Å²) in [5, 5.41) is 9.25. The molecule has 0 amide bonds. The number of sulfonamides is 1. The maximum Gasteiger partial charge on any atom is 0.324 e. The van der Waals surface area contributed by atoms with Crippen LogP contribution in [0, 0.1) is 0 Å². The van der Waals surface area contributed by atoms with Crippen molar-refractivity contribution in [1.29, 1.82) is 0 Å². The molecule has 1 aliphatic rings. The molecule has 1 N–H and O–H groups in total. The van der Waals surface area contributed by atoms with Crippen molar-refractivity contribution in [3.8, 4) is 0 Å². The highest BCUT2D eigenvalue weighted by molar-refractivity contribution is 9.11. The van der Waals surface area contributed by atoms with Gasteiger partial charge in [-0.25, -0.2) is 8.42 Å². The molecule has 0 radical (unpaired) electrons. The number of carbonyl (C=O) groups is 1. The van der Waals surface area contributed by atoms with Gasteiger partial charge in [-0.15, -0.1) is 11.3 Å². The molecule has 2 heterocycles. The summed E-state index contributed by atoms with van der Waals surface area (Å²) >= 11 is 4.30. The van der Waals surface area contributed by atoms with Gasteiger partial charge in [0.1, 0.15) is 9.75 Å². The zero-order valence-corrected chi connectivity index (χ0v) is 12.8. The van der Waals surface area contributed by atoms with Crippen molar-refractivity contribution in [2.24, 2.45) is 0 Å². The van der Waals surface area contributed by atoms with Crippen LogP contribution < -0.4 is 0 Å². The Balaban J connectivity index is 2.45. The third-order valence-electron chi connectivity index (χ3n) is 3.13. The third-order valence-corrected chi connectivity index (χ3v) is 7.24. The van der Waals surface area contributed by atoms with E-state index < -0.39 is 21.5 Å². The number of nitrogens with zero attached hydrogens (tertiary/aromatic N) is 1. The summed E-state index contributed by atoms with van der Waals surface area (Å²) in [7, 11) is -3.73. The molecule has 0 aromatic carbocycles. The lowest BCUT2D eigenvalue weighted by atomic mass is 10.0. The summed E-state index contributed by atoms with van der Waals surface area (Å²) in [6.07, 6.45) is 0.905. The molecule has 1 saturated heterocycles. The van der Waals surface area contributed by atoms with Crippen molar-refractivity contribution in [3.63, 3.8) is 0 Å². The fourth-order valence-corrected chi connectivity index (χ4v) is 6.01. The van der Waals surface area contributed by atoms with E-state index in [9.17, 15) is 18.3 Å². The molecule has 1 aliphatic heterocycles. The van der Waals surface area contributed by atoms with E-state index in [1.807, 2.05) is 0 Å². The van der Waals surface area contributed by atoms with Crippen LogP contribution in [-0.4, -0.2) is 35.9 Å². The number of carboxylic acids is 1. The minimum atomic E-state index is -3.73. The van der Waals surface area contributed by atoms with Gasteiger partial charge in [0, 0.05) is 6.54 Å². The Morgan fingerprint density at radius 2 is 2.22 bits per heavy atom. The molecule has 0 bridgehead atoms. The van der Waals surface area contributed by atoms with Gasteiger partial charge in [-0.2, -0.15) is 4.31 Å². The van der Waals surface area contributed by atoms with Crippen LogP contribution >= 0.6 is 27.3 Å². The number of carboxylic acid groups (broad SMARTS) is 1. The van der Waals surface area contributed by atoms with Gasteiger partial charge in [0.05, 0.1) is 3.79 Å². The average molecular weight is 354 g/mol. The van der Waals surface area contributed by atoms with E-state index in [0.29, 0.717) is 16.6 Å². The first-order chi connectivity index (χ1) is 8.28. The Labute approximate surface area is 118 Å². The smallest absolute Gasteiger partial charge is 0.324 e. The first-order valence-electron chi connectivity index (χ1n) is 5.30. The zero-order valence-electron chi connectivity index (χ0n) is 9.59. The van der Waals surface area contributed by atoms with Crippen LogP contribution in [0.15, 0.2) is 20.1 Å². The van der Waals surface area contributed by atoms with Gasteiger partial charge in [0.2, 0.25) is 0 Å². The predicted molar refractivity (Wildman–Crippen MR) is 71.2 cm³/mol. The molecule has 1 fully saturated rings. The Hall–Kier alpha value is -0.440. The van der Waals surface area contributed by atoms with Gasteiger partial charge in [-0.3, -0.25) is 4.79 Å². The largest absolute Gasteiger partial charge is 0.480 e. The fourth-order valence-electron chi connectivity index (χ4n) is 2.08. The van der Waals surface area contributed by atoms with Crippen molar-refractivity contribution >= 4 is 43.3 Å². The highest BCUT2D eigenvalue weighted by Crippen LogP contribution is 2.37. The molecule has 1 unspecified atom stereocenters. The summed E-state index contributed by atoms with van der Waals surface area (Å²) in [6, 6.07) is 3.14. The topological polar surface area (TPSA) is 74.7 Å². The lowest BCUT2D eigenvalue weighted by Crippen LogP contribution is -2.50. The molecular formula is C10H12BrNO4S2. The van der Waals surface area contributed by atoms with Crippen LogP contribution in [0.4, 0.5) is 0 Å². The Kier molecular flexibility index (Phi) is 3.56. The van der Waals surface area contributed by atoms with Crippen LogP contribution in [0.3, 0.4) is 0 Å². The maximum atomic E-state index is 12.4. The monoisotopic (exact) mass is 353 g/mol. The lowest BCUT2D eigenvalue weighted by molar-refractivity contribution is -0.146. The number of rotatable bonds is 3. The second-order valence-electron chi connectivity index (χ2n) is 4.32. The zero-order chi connectivity index (χ0) is 13.6. The number of hydrogen-bond donors (Lipinski definition) is 1. The molecule has 0 saturated carbocycles. The predicted octanol–water partition coefficient (Wildman–Crippen LogP) is 2.14. The van der Waals surface area contributed by atoms with Gasteiger partial charge in [0.25, 0.3) is 10.0 Å². The van der Waals surface area contributed by atoms with E-state index in [2.05, 4.69) is 15.9 Å². The van der Waals surface area contributed by atoms with Crippen molar-refractivity contribution in [1.82, 2.24) is 4.31 Å². The fraction of sp³-hybridized carbons (Fsp3) is 0.500. The number of halogens is 1. The van der Waals surface area contributed by atoms with E-state index in [0.717, 1.165) is 15.6 Å². The van der Waals surface area contributed by atoms with Crippen LogP contribution in [0.1, 0.15) is 19.8 Å². The highest BCUT2D eigenvalue weighted by atomic mass is 79.9. The Morgan fingerprint density at radius 3 is 2.72 bits per heavy atom. The number of aliphatic carboxylic acids is 1. The standard InChI is InChI=1S/C10H12BrNO4S2/c1-10(9(13)14)5-2-6-12(10)18(15,16)8-4-3-7(11)17-8/h3-4H,2,5-6H2,1H3,(H,13,14). The third kappa shape index (κ3) is 2.11. The SMILES string of the molecule is CC1(C(=O)O)CCCN1S(=O)(=O)c1ccc(Br)s1. The van der Waals surface area contributed by atoms with Crippen LogP contribution in [0.2, 0.25) is 0 Å². The summed E-state index contributed by atoms with van der Waals surface area (Å²) < 4.78 is 26.8. The molecule has 2 rings (SSSR count). The highest BCUT2D eigenvalue weighted by Gasteiger charge is 2.50. The molecule has 8 heteroatoms. The minimum absolute atomic E-state index is 0.170. The van der Waals surface area contributed by atoms with Crippen molar-refractivity contribution in [2.45, 2.75) is 29.5 Å². The molecular weight excluding hydrogens is 342 g/mol. The summed E-state index contributed by atoms with van der Waals surface area (Å²) in [5.41, 5.74) is -1.34. The van der Waals surface area contributed by atoms with Crippen molar-refractivity contribution < 1.29 is 18.3 Å². The Morgan fingerprint density at radius 1 is 1.56 bits per heavy atom. The lowest BCUT2D eigenvalue weighted by Gasteiger charge is -2.29. The Bertz CT molecular complexity index is 582. The second kappa shape index (κ2) is 4.59. The van der Waals surface area contributed by atoms with E-state index in [1.54, 1.807) is 6.07 Å². The summed E-state index contributed by atoms with van der Waals surface area (Å²) in [6.45, 7) is 1.71. The molecule has 100 valence electrons. The first kappa shape index (κ1) is 14.0. The maximum absolute atomic E-state index is 12.4. The molecule has 0 aliphatic carbocycles. The average Bonchev–Trinajstić information content (AvgIpc) is 2.85. The summed E-state index contributed by atoms with van der Waals surface area (Å²) in [4.78, 5) is 11.3. The molecule has 18 heavy (non-hydrogen) atoms. The number of thiophene rings is 1. The molecule has 1 aromatic heterocycles. The van der Waals surface area contributed by atoms with Crippen molar-refractivity contribution in [2.75, 3.05) is 6.54 Å². The molecule has 0 spiro atoms. The van der Waals surface area contributed by atoms with Gasteiger partial charge in [-0.05, 0) is 47.8 Å². The second-order valence-corrected chi connectivity index (χ2v) is 8.87.